The molecule has 1 aliphatic rings. The van der Waals surface area contributed by atoms with E-state index in [2.05, 4.69) is 37.2 Å². The smallest absolute Gasteiger partial charge is 0.129 e. The highest BCUT2D eigenvalue weighted by atomic mass is 28.3. The van der Waals surface area contributed by atoms with Crippen LogP contribution in [0.5, 0.6) is 0 Å². The summed E-state index contributed by atoms with van der Waals surface area (Å²) in [7, 11) is -1.48. The summed E-state index contributed by atoms with van der Waals surface area (Å²) in [5.74, 6) is 3.11. The lowest BCUT2D eigenvalue weighted by Crippen LogP contribution is -2.40. The van der Waals surface area contributed by atoms with Crippen molar-refractivity contribution >= 4 is 8.07 Å². The molecular weight excluding hydrogens is 274 g/mol. The van der Waals surface area contributed by atoms with Gasteiger partial charge >= 0.3 is 0 Å². The molecule has 0 spiro atoms. The molecule has 1 aliphatic carbocycles. The maximum absolute atomic E-state index is 10.6. The van der Waals surface area contributed by atoms with E-state index >= 15 is 0 Å². The Hall–Kier alpha value is -1.55. The van der Waals surface area contributed by atoms with Crippen molar-refractivity contribution in [2.24, 2.45) is 0 Å². The van der Waals surface area contributed by atoms with Gasteiger partial charge in [0, 0.05) is 0 Å². The van der Waals surface area contributed by atoms with Gasteiger partial charge in [-0.25, -0.2) is 0 Å². The molecule has 2 nitrogen and oxygen atoms in total. The van der Waals surface area contributed by atoms with Crippen molar-refractivity contribution in [2.75, 3.05) is 0 Å². The van der Waals surface area contributed by atoms with Crippen LogP contribution in [-0.2, 0) is 5.41 Å². The third-order valence-corrected chi connectivity index (χ3v) is 5.02. The van der Waals surface area contributed by atoms with Crippen molar-refractivity contribution in [1.29, 1.82) is 5.26 Å². The molecule has 0 heterocycles. The third kappa shape index (κ3) is 3.76. The molecule has 0 bridgehead atoms. The van der Waals surface area contributed by atoms with Crippen LogP contribution in [0.3, 0.4) is 0 Å². The maximum atomic E-state index is 10.6. The first-order valence-electron chi connectivity index (χ1n) is 7.52. The van der Waals surface area contributed by atoms with Crippen LogP contribution in [0.1, 0.15) is 31.2 Å². The van der Waals surface area contributed by atoms with E-state index in [4.69, 9.17) is 0 Å². The number of rotatable bonds is 1. The van der Waals surface area contributed by atoms with Crippen LogP contribution in [0.15, 0.2) is 30.3 Å². The molecule has 2 rings (SSSR count). The van der Waals surface area contributed by atoms with E-state index in [1.54, 1.807) is 0 Å². The predicted octanol–water partition coefficient (Wildman–Crippen LogP) is 3.63. The number of nitriles is 1. The SMILES string of the molecule is C[Si](C)(C)C#C[C@]1(O)CC[C@@](C#N)(c2ccccc2)CC1. The van der Waals surface area contributed by atoms with Crippen LogP contribution in [0.2, 0.25) is 19.6 Å². The molecule has 0 unspecified atom stereocenters. The Morgan fingerprint density at radius 2 is 1.62 bits per heavy atom. The second-order valence-corrected chi connectivity index (χ2v) is 11.8. The summed E-state index contributed by atoms with van der Waals surface area (Å²) >= 11 is 0. The predicted molar refractivity (Wildman–Crippen MR) is 88.3 cm³/mol. The van der Waals surface area contributed by atoms with Gasteiger partial charge in [-0.3, -0.25) is 0 Å². The quantitative estimate of drug-likeness (QED) is 0.635. The largest absolute Gasteiger partial charge is 0.378 e. The zero-order chi connectivity index (χ0) is 15.6. The molecule has 0 aliphatic heterocycles. The molecule has 21 heavy (non-hydrogen) atoms. The van der Waals surface area contributed by atoms with Crippen LogP contribution in [0.25, 0.3) is 0 Å². The number of nitrogens with zero attached hydrogens (tertiary/aromatic N) is 1. The highest BCUT2D eigenvalue weighted by molar-refractivity contribution is 6.83. The third-order valence-electron chi connectivity index (χ3n) is 4.14. The summed E-state index contributed by atoms with van der Waals surface area (Å²) < 4.78 is 0. The van der Waals surface area contributed by atoms with Gasteiger partial charge in [-0.2, -0.15) is 5.26 Å². The van der Waals surface area contributed by atoms with E-state index in [0.717, 1.165) is 5.56 Å². The van der Waals surface area contributed by atoms with Crippen LogP contribution >= 0.6 is 0 Å². The van der Waals surface area contributed by atoms with Crippen molar-refractivity contribution in [3.05, 3.63) is 35.9 Å². The van der Waals surface area contributed by atoms with Crippen LogP contribution < -0.4 is 0 Å². The first-order chi connectivity index (χ1) is 9.79. The topological polar surface area (TPSA) is 44.0 Å². The maximum Gasteiger partial charge on any atom is 0.129 e. The Labute approximate surface area is 128 Å². The van der Waals surface area contributed by atoms with Gasteiger partial charge in [0.1, 0.15) is 13.7 Å². The van der Waals surface area contributed by atoms with Gasteiger partial charge < -0.3 is 5.11 Å². The van der Waals surface area contributed by atoms with Gasteiger partial charge in [0.2, 0.25) is 0 Å². The van der Waals surface area contributed by atoms with Crippen molar-refractivity contribution in [3.63, 3.8) is 0 Å². The standard InChI is InChI=1S/C18H23NOSi/c1-21(2,3)14-13-18(20)11-9-17(15-19,10-12-18)16-7-5-4-6-8-16/h4-8,20H,9-12H2,1-3H3/t17-,18+. The molecule has 110 valence electrons. The van der Waals surface area contributed by atoms with Gasteiger partial charge in [-0.05, 0) is 31.2 Å². The Morgan fingerprint density at radius 1 is 1.05 bits per heavy atom. The molecule has 1 fully saturated rings. The van der Waals surface area contributed by atoms with Gasteiger partial charge in [-0.15, -0.1) is 5.54 Å². The lowest BCUT2D eigenvalue weighted by molar-refractivity contribution is 0.0449. The minimum atomic E-state index is -1.48. The average molecular weight is 297 g/mol. The fourth-order valence-electron chi connectivity index (χ4n) is 2.74. The van der Waals surface area contributed by atoms with Gasteiger partial charge in [0.15, 0.2) is 0 Å². The van der Waals surface area contributed by atoms with Crippen LogP contribution in [0.4, 0.5) is 0 Å². The minimum Gasteiger partial charge on any atom is -0.378 e. The van der Waals surface area contributed by atoms with E-state index < -0.39 is 19.1 Å². The summed E-state index contributed by atoms with van der Waals surface area (Å²) in [6.45, 7) is 6.53. The molecule has 0 aromatic heterocycles. The second kappa shape index (κ2) is 5.68. The highest BCUT2D eigenvalue weighted by Gasteiger charge is 2.42. The average Bonchev–Trinajstić information content (AvgIpc) is 2.47. The number of hydrogen-bond donors (Lipinski definition) is 1. The normalized spacial score (nSPS) is 29.1. The lowest BCUT2D eigenvalue weighted by atomic mass is 9.66. The van der Waals surface area contributed by atoms with Crippen molar-refractivity contribution in [3.8, 4) is 17.5 Å². The lowest BCUT2D eigenvalue weighted by Gasteiger charge is -2.38. The Morgan fingerprint density at radius 3 is 2.10 bits per heavy atom. The van der Waals surface area contributed by atoms with Crippen LogP contribution in [-0.4, -0.2) is 18.8 Å². The van der Waals surface area contributed by atoms with Crippen molar-refractivity contribution < 1.29 is 5.11 Å². The zero-order valence-electron chi connectivity index (χ0n) is 13.1. The fraction of sp³-hybridized carbons (Fsp3) is 0.500. The molecule has 3 heteroatoms. The fourth-order valence-corrected chi connectivity index (χ4v) is 3.35. The Kier molecular flexibility index (Phi) is 4.28. The molecule has 1 saturated carbocycles. The van der Waals surface area contributed by atoms with E-state index in [1.807, 2.05) is 30.3 Å². The summed E-state index contributed by atoms with van der Waals surface area (Å²) in [4.78, 5) is 0. The molecule has 0 saturated heterocycles. The second-order valence-electron chi connectivity index (χ2n) is 7.09. The zero-order valence-corrected chi connectivity index (χ0v) is 14.1. The van der Waals surface area contributed by atoms with Crippen molar-refractivity contribution in [1.82, 2.24) is 0 Å². The Bertz CT molecular complexity index is 590. The number of aliphatic hydroxyl groups is 1. The summed E-state index contributed by atoms with van der Waals surface area (Å²) in [5.41, 5.74) is 2.96. The van der Waals surface area contributed by atoms with E-state index in [9.17, 15) is 10.4 Å². The molecule has 0 amide bonds. The first kappa shape index (κ1) is 15.8. The number of benzene rings is 1. The van der Waals surface area contributed by atoms with Crippen molar-refractivity contribution in [2.45, 2.75) is 56.3 Å². The first-order valence-corrected chi connectivity index (χ1v) is 11.0. The van der Waals surface area contributed by atoms with Crippen LogP contribution in [0, 0.1) is 22.8 Å². The van der Waals surface area contributed by atoms with Gasteiger partial charge in [-0.1, -0.05) is 55.9 Å². The molecular formula is C18H23NOSi. The molecule has 1 aromatic carbocycles. The van der Waals surface area contributed by atoms with Gasteiger partial charge in [0.05, 0.1) is 11.5 Å². The Balaban J connectivity index is 2.18. The molecule has 1 N–H and O–H groups in total. The van der Waals surface area contributed by atoms with E-state index in [-0.39, 0.29) is 0 Å². The van der Waals surface area contributed by atoms with E-state index in [1.165, 1.54) is 0 Å². The highest BCUT2D eigenvalue weighted by Crippen LogP contribution is 2.42. The summed E-state index contributed by atoms with van der Waals surface area (Å²) in [6.07, 6.45) is 2.49. The molecule has 1 aromatic rings. The summed E-state index contributed by atoms with van der Waals surface area (Å²) in [5, 5.41) is 20.3. The number of hydrogen-bond acceptors (Lipinski definition) is 2. The molecule has 0 atom stereocenters. The minimum absolute atomic E-state index is 0.464. The monoisotopic (exact) mass is 297 g/mol. The molecule has 0 radical (unpaired) electrons. The van der Waals surface area contributed by atoms with Gasteiger partial charge in [0.25, 0.3) is 0 Å². The summed E-state index contributed by atoms with van der Waals surface area (Å²) in [6, 6.07) is 12.4. The van der Waals surface area contributed by atoms with E-state index in [0.29, 0.717) is 25.7 Å².